The molecule has 15 heavy (non-hydrogen) atoms. The van der Waals surface area contributed by atoms with Crippen molar-refractivity contribution in [2.24, 2.45) is 5.92 Å². The van der Waals surface area contributed by atoms with Crippen molar-refractivity contribution in [1.29, 1.82) is 0 Å². The van der Waals surface area contributed by atoms with Gasteiger partial charge in [0.1, 0.15) is 0 Å². The highest BCUT2D eigenvalue weighted by atomic mass is 16.4. The van der Waals surface area contributed by atoms with Crippen molar-refractivity contribution in [2.45, 2.75) is 25.6 Å². The van der Waals surface area contributed by atoms with Crippen LogP contribution in [-0.2, 0) is 4.79 Å². The fraction of sp³-hybridized carbons (Fsp3) is 0.889. The first-order valence-corrected chi connectivity index (χ1v) is 5.14. The minimum atomic E-state index is -1.28. The van der Waals surface area contributed by atoms with Crippen molar-refractivity contribution in [3.05, 3.63) is 0 Å². The summed E-state index contributed by atoms with van der Waals surface area (Å²) >= 11 is 0. The third-order valence-corrected chi connectivity index (χ3v) is 2.16. The molecule has 0 rings (SSSR count). The summed E-state index contributed by atoms with van der Waals surface area (Å²) in [4.78, 5) is 12.5. The number of hydrogen-bond acceptors (Lipinski definition) is 4. The molecule has 0 saturated heterocycles. The van der Waals surface area contributed by atoms with Gasteiger partial charge < -0.3 is 20.1 Å². The van der Waals surface area contributed by atoms with Crippen LogP contribution in [0.15, 0.2) is 0 Å². The van der Waals surface area contributed by atoms with Crippen molar-refractivity contribution in [1.82, 2.24) is 4.90 Å². The van der Waals surface area contributed by atoms with E-state index in [1.807, 2.05) is 19.0 Å². The van der Waals surface area contributed by atoms with Gasteiger partial charge in [-0.05, 0) is 32.8 Å². The van der Waals surface area contributed by atoms with Crippen LogP contribution >= 0.6 is 0 Å². The van der Waals surface area contributed by atoms with Crippen molar-refractivity contribution in [3.8, 4) is 0 Å². The van der Waals surface area contributed by atoms with Crippen LogP contribution in [0.25, 0.3) is 0 Å². The van der Waals surface area contributed by atoms with Crippen LogP contribution in [0, 0.1) is 5.92 Å². The van der Waals surface area contributed by atoms with Crippen LogP contribution in [0.3, 0.4) is 0 Å². The van der Waals surface area contributed by atoms with E-state index in [0.717, 1.165) is 0 Å². The maximum atomic E-state index is 10.6. The Morgan fingerprint density at radius 3 is 2.40 bits per heavy atom. The normalized spacial score (nSPS) is 12.9. The molecule has 0 aliphatic carbocycles. The van der Waals surface area contributed by atoms with Gasteiger partial charge in [0.05, 0.1) is 0 Å². The number of carboxylic acids is 1. The van der Waals surface area contributed by atoms with Gasteiger partial charge in [-0.25, -0.2) is 0 Å². The Bertz CT molecular complexity index is 187. The molecule has 88 valence electrons. The fourth-order valence-electron chi connectivity index (χ4n) is 1.61. The number of carbonyl (C=O) groups is 1. The monoisotopic (exact) mass is 217 g/mol. The van der Waals surface area contributed by atoms with E-state index in [0.29, 0.717) is 25.7 Å². The lowest BCUT2D eigenvalue weighted by atomic mass is 9.82. The van der Waals surface area contributed by atoms with Crippen LogP contribution in [0.5, 0.6) is 0 Å². The first-order chi connectivity index (χ1) is 6.91. The highest BCUT2D eigenvalue weighted by Gasteiger charge is 2.15. The molecular weight excluding hydrogens is 197 g/mol. The minimum absolute atomic E-state index is 0.0799. The number of rotatable bonds is 8. The van der Waals surface area contributed by atoms with Crippen LogP contribution in [0.4, 0.5) is 0 Å². The van der Waals surface area contributed by atoms with E-state index in [4.69, 9.17) is 15.2 Å². The maximum Gasteiger partial charge on any atom is 0.451 e. The summed E-state index contributed by atoms with van der Waals surface area (Å²) in [6.07, 6.45) is 1.80. The summed E-state index contributed by atoms with van der Waals surface area (Å²) in [6.45, 7) is 0.716. The zero-order chi connectivity index (χ0) is 11.8. The molecule has 1 atom stereocenters. The van der Waals surface area contributed by atoms with Crippen LogP contribution in [0.2, 0.25) is 6.32 Å². The quantitative estimate of drug-likeness (QED) is 0.494. The van der Waals surface area contributed by atoms with Crippen molar-refractivity contribution < 1.29 is 19.9 Å². The predicted octanol–water partition coefficient (Wildman–Crippen LogP) is -0.108. The third-order valence-electron chi connectivity index (χ3n) is 2.16. The molecular formula is C9H20BNO4. The van der Waals surface area contributed by atoms with E-state index in [1.54, 1.807) is 0 Å². The molecule has 0 fully saturated rings. The largest absolute Gasteiger partial charge is 0.481 e. The van der Waals surface area contributed by atoms with E-state index in [1.165, 1.54) is 0 Å². The summed E-state index contributed by atoms with van der Waals surface area (Å²) < 4.78 is 0. The summed E-state index contributed by atoms with van der Waals surface area (Å²) in [7, 11) is 2.51. The minimum Gasteiger partial charge on any atom is -0.481 e. The second kappa shape index (κ2) is 7.67. The zero-order valence-electron chi connectivity index (χ0n) is 9.39. The molecule has 0 saturated carbocycles. The highest BCUT2D eigenvalue weighted by molar-refractivity contribution is 6.40. The Labute approximate surface area is 90.9 Å². The first-order valence-electron chi connectivity index (χ1n) is 5.14. The van der Waals surface area contributed by atoms with Gasteiger partial charge in [0.25, 0.3) is 0 Å². The molecule has 0 radical (unpaired) electrons. The molecule has 0 spiro atoms. The molecule has 3 N–H and O–H groups in total. The lowest BCUT2D eigenvalue weighted by Gasteiger charge is -2.19. The van der Waals surface area contributed by atoms with E-state index in [2.05, 4.69) is 0 Å². The zero-order valence-corrected chi connectivity index (χ0v) is 9.39. The summed E-state index contributed by atoms with van der Waals surface area (Å²) in [5.41, 5.74) is 0. The Hall–Kier alpha value is -0.585. The van der Waals surface area contributed by atoms with Gasteiger partial charge in [0.2, 0.25) is 0 Å². The van der Waals surface area contributed by atoms with Crippen LogP contribution in [-0.4, -0.2) is 53.8 Å². The summed E-state index contributed by atoms with van der Waals surface area (Å²) in [5, 5.41) is 26.0. The summed E-state index contributed by atoms with van der Waals surface area (Å²) in [6, 6.07) is 0. The molecule has 0 aromatic carbocycles. The molecule has 0 aromatic heterocycles. The number of nitrogens with zero attached hydrogens (tertiary/aromatic N) is 1. The maximum absolute atomic E-state index is 10.6. The van der Waals surface area contributed by atoms with Gasteiger partial charge in [-0.2, -0.15) is 0 Å². The number of aliphatic carboxylic acids is 1. The van der Waals surface area contributed by atoms with E-state index in [-0.39, 0.29) is 12.3 Å². The Balaban J connectivity index is 3.84. The van der Waals surface area contributed by atoms with Crippen LogP contribution < -0.4 is 0 Å². The predicted molar refractivity (Wildman–Crippen MR) is 58.5 cm³/mol. The van der Waals surface area contributed by atoms with E-state index >= 15 is 0 Å². The van der Waals surface area contributed by atoms with Gasteiger partial charge in [-0.1, -0.05) is 6.42 Å². The first kappa shape index (κ1) is 14.4. The van der Waals surface area contributed by atoms with Gasteiger partial charge in [-0.3, -0.25) is 4.79 Å². The highest BCUT2D eigenvalue weighted by Crippen LogP contribution is 2.14. The van der Waals surface area contributed by atoms with Crippen LogP contribution in [0.1, 0.15) is 19.3 Å². The molecule has 6 heteroatoms. The molecule has 0 amide bonds. The Kier molecular flexibility index (Phi) is 7.37. The van der Waals surface area contributed by atoms with E-state index in [9.17, 15) is 4.79 Å². The van der Waals surface area contributed by atoms with Gasteiger partial charge in [0, 0.05) is 13.0 Å². The smallest absolute Gasteiger partial charge is 0.451 e. The topological polar surface area (TPSA) is 81.0 Å². The molecule has 0 aromatic rings. The average molecular weight is 217 g/mol. The van der Waals surface area contributed by atoms with Crippen molar-refractivity contribution in [3.63, 3.8) is 0 Å². The second-order valence-corrected chi connectivity index (χ2v) is 4.14. The van der Waals surface area contributed by atoms with Crippen molar-refractivity contribution >= 4 is 13.1 Å². The average Bonchev–Trinajstić information content (AvgIpc) is 2.00. The molecule has 1 unspecified atom stereocenters. The lowest BCUT2D eigenvalue weighted by molar-refractivity contribution is -0.138. The summed E-state index contributed by atoms with van der Waals surface area (Å²) in [5.74, 6) is -0.720. The molecule has 0 aliphatic heterocycles. The fourth-order valence-corrected chi connectivity index (χ4v) is 1.61. The van der Waals surface area contributed by atoms with Crippen molar-refractivity contribution in [2.75, 3.05) is 20.6 Å². The molecule has 0 heterocycles. The molecule has 0 aliphatic rings. The number of hydrogen-bond donors (Lipinski definition) is 3. The molecule has 0 bridgehead atoms. The second-order valence-electron chi connectivity index (χ2n) is 4.14. The van der Waals surface area contributed by atoms with E-state index < -0.39 is 13.1 Å². The van der Waals surface area contributed by atoms with Gasteiger partial charge >= 0.3 is 13.1 Å². The lowest BCUT2D eigenvalue weighted by Crippen LogP contribution is -2.24. The number of carboxylic acid groups (broad SMARTS) is 1. The Morgan fingerprint density at radius 1 is 1.40 bits per heavy atom. The van der Waals surface area contributed by atoms with Gasteiger partial charge in [0.15, 0.2) is 0 Å². The molecule has 5 nitrogen and oxygen atoms in total. The standard InChI is InChI=1S/C9H20BNO4/c1-11(2)7-8(6-9(12)13)4-3-5-10(14)15/h8,14-15H,3-7H2,1-2H3,(H,12,13). The SMILES string of the molecule is CN(C)CC(CCCB(O)O)CC(=O)O. The van der Waals surface area contributed by atoms with Gasteiger partial charge in [-0.15, -0.1) is 0 Å². The third kappa shape index (κ3) is 9.71. The Morgan fingerprint density at radius 2 is 2.00 bits per heavy atom.